The Kier molecular flexibility index (Phi) is 7.04. The summed E-state index contributed by atoms with van der Waals surface area (Å²) < 4.78 is 4.84. The summed E-state index contributed by atoms with van der Waals surface area (Å²) in [5, 5.41) is 17.9. The Morgan fingerprint density at radius 2 is 2.35 bits per heavy atom. The van der Waals surface area contributed by atoms with Gasteiger partial charge in [0.05, 0.1) is 6.61 Å². The second-order valence-electron chi connectivity index (χ2n) is 4.08. The Balaban J connectivity index is 2.27. The van der Waals surface area contributed by atoms with Crippen molar-refractivity contribution < 1.29 is 19.4 Å². The van der Waals surface area contributed by atoms with E-state index in [-0.39, 0.29) is 13.1 Å². The van der Waals surface area contributed by atoms with Gasteiger partial charge in [-0.15, -0.1) is 0 Å². The van der Waals surface area contributed by atoms with E-state index in [1.807, 2.05) is 0 Å². The van der Waals surface area contributed by atoms with Gasteiger partial charge in [0.1, 0.15) is 18.7 Å². The van der Waals surface area contributed by atoms with Crippen molar-refractivity contribution in [3.05, 3.63) is 12.2 Å². The molecule has 0 aliphatic rings. The molecule has 0 bridgehead atoms. The summed E-state index contributed by atoms with van der Waals surface area (Å²) in [7, 11) is 1.49. The molecule has 20 heavy (non-hydrogen) atoms. The average molecular weight is 285 g/mol. The first kappa shape index (κ1) is 15.9. The van der Waals surface area contributed by atoms with E-state index < -0.39 is 12.0 Å². The zero-order valence-corrected chi connectivity index (χ0v) is 11.3. The molecule has 0 aliphatic heterocycles. The highest BCUT2D eigenvalue weighted by molar-refractivity contribution is 5.80. The number of rotatable bonds is 9. The van der Waals surface area contributed by atoms with Crippen molar-refractivity contribution in [3.8, 4) is 0 Å². The van der Waals surface area contributed by atoms with Gasteiger partial charge in [-0.05, 0) is 6.42 Å². The average Bonchev–Trinajstić information content (AvgIpc) is 2.92. The third kappa shape index (κ3) is 6.14. The van der Waals surface area contributed by atoms with Gasteiger partial charge in [-0.1, -0.05) is 0 Å². The molecular weight excluding hydrogens is 266 g/mol. The maximum Gasteiger partial charge on any atom is 0.323 e. The number of nitrogens with zero attached hydrogens (tertiary/aromatic N) is 3. The number of aryl methyl sites for hydroxylation is 1. The van der Waals surface area contributed by atoms with E-state index in [0.29, 0.717) is 26.0 Å². The van der Waals surface area contributed by atoms with E-state index in [1.54, 1.807) is 0 Å². The number of hydrogen-bond acceptors (Lipinski definition) is 5. The number of methoxy groups -OCH3 is 1. The molecule has 0 spiro atoms. The fourth-order valence-electron chi connectivity index (χ4n) is 1.53. The van der Waals surface area contributed by atoms with Crippen LogP contribution in [0.3, 0.4) is 0 Å². The zero-order valence-electron chi connectivity index (χ0n) is 11.3. The molecule has 2 amide bonds. The number of aliphatic carboxylic acids is 1. The highest BCUT2D eigenvalue weighted by atomic mass is 16.5. The molecule has 0 aromatic carbocycles. The molecule has 0 saturated carbocycles. The van der Waals surface area contributed by atoms with Crippen molar-refractivity contribution >= 4 is 12.0 Å². The summed E-state index contributed by atoms with van der Waals surface area (Å²) >= 11 is 0. The van der Waals surface area contributed by atoms with Crippen LogP contribution in [0, 0.1) is 0 Å². The molecule has 1 aromatic heterocycles. The van der Waals surface area contributed by atoms with Crippen LogP contribution < -0.4 is 5.32 Å². The lowest BCUT2D eigenvalue weighted by molar-refractivity contribution is -0.137. The summed E-state index contributed by atoms with van der Waals surface area (Å²) in [5.74, 6) is -0.307. The highest BCUT2D eigenvalue weighted by Gasteiger charge is 2.15. The third-order valence-electron chi connectivity index (χ3n) is 2.51. The maximum atomic E-state index is 11.8. The minimum Gasteiger partial charge on any atom is -0.480 e. The van der Waals surface area contributed by atoms with Gasteiger partial charge >= 0.3 is 12.0 Å². The van der Waals surface area contributed by atoms with Crippen molar-refractivity contribution in [2.45, 2.75) is 12.8 Å². The molecule has 9 nitrogen and oxygen atoms in total. The fourth-order valence-corrected chi connectivity index (χ4v) is 1.53. The number of amides is 2. The summed E-state index contributed by atoms with van der Waals surface area (Å²) in [6.07, 6.45) is 2.77. The number of carboxylic acid groups (broad SMARTS) is 1. The fraction of sp³-hybridized carbons (Fsp3) is 0.636. The molecule has 0 radical (unpaired) electrons. The predicted octanol–water partition coefficient (Wildman–Crippen LogP) is -0.520. The van der Waals surface area contributed by atoms with Crippen LogP contribution in [0.1, 0.15) is 12.2 Å². The first-order valence-electron chi connectivity index (χ1n) is 6.21. The number of aromatic nitrogens is 3. The first-order chi connectivity index (χ1) is 9.63. The van der Waals surface area contributed by atoms with Crippen LogP contribution in [0.15, 0.2) is 6.33 Å². The number of carboxylic acids is 1. The van der Waals surface area contributed by atoms with Gasteiger partial charge < -0.3 is 20.1 Å². The molecule has 0 atom stereocenters. The molecule has 0 saturated heterocycles. The van der Waals surface area contributed by atoms with Gasteiger partial charge in [-0.25, -0.2) is 9.78 Å². The van der Waals surface area contributed by atoms with Crippen molar-refractivity contribution in [3.63, 3.8) is 0 Å². The second-order valence-corrected chi connectivity index (χ2v) is 4.08. The van der Waals surface area contributed by atoms with Gasteiger partial charge in [-0.3, -0.25) is 9.89 Å². The predicted molar refractivity (Wildman–Crippen MR) is 69.2 cm³/mol. The van der Waals surface area contributed by atoms with Gasteiger partial charge in [0.25, 0.3) is 0 Å². The van der Waals surface area contributed by atoms with E-state index in [0.717, 1.165) is 5.82 Å². The Morgan fingerprint density at radius 1 is 1.55 bits per heavy atom. The minimum absolute atomic E-state index is 0.233. The van der Waals surface area contributed by atoms with Crippen molar-refractivity contribution in [1.29, 1.82) is 0 Å². The molecule has 1 rings (SSSR count). The van der Waals surface area contributed by atoms with Crippen LogP contribution in [-0.4, -0.2) is 70.5 Å². The van der Waals surface area contributed by atoms with E-state index in [1.165, 1.54) is 18.3 Å². The molecule has 0 unspecified atom stereocenters. The van der Waals surface area contributed by atoms with E-state index in [2.05, 4.69) is 20.5 Å². The Bertz CT molecular complexity index is 409. The third-order valence-corrected chi connectivity index (χ3v) is 2.51. The Hall–Kier alpha value is -2.16. The molecule has 1 heterocycles. The number of aromatic amines is 1. The van der Waals surface area contributed by atoms with Gasteiger partial charge in [0.15, 0.2) is 0 Å². The van der Waals surface area contributed by atoms with Crippen LogP contribution >= 0.6 is 0 Å². The van der Waals surface area contributed by atoms with Crippen LogP contribution in [-0.2, 0) is 16.0 Å². The molecule has 1 aromatic rings. The molecule has 9 heteroatoms. The molecular formula is C11H19N5O4. The van der Waals surface area contributed by atoms with Gasteiger partial charge in [0.2, 0.25) is 0 Å². The lowest BCUT2D eigenvalue weighted by Gasteiger charge is -2.20. The monoisotopic (exact) mass is 285 g/mol. The second kappa shape index (κ2) is 8.86. The quantitative estimate of drug-likeness (QED) is 0.525. The van der Waals surface area contributed by atoms with Gasteiger partial charge in [-0.2, -0.15) is 5.10 Å². The highest BCUT2D eigenvalue weighted by Crippen LogP contribution is 1.94. The number of carbonyl (C=O) groups excluding carboxylic acids is 1. The van der Waals surface area contributed by atoms with Crippen LogP contribution in [0.5, 0.6) is 0 Å². The maximum absolute atomic E-state index is 11.8. The minimum atomic E-state index is -1.06. The standard InChI is InChI=1S/C11H19N5O4/c1-20-6-5-16(7-10(17)18)11(19)12-4-2-3-9-13-8-14-15-9/h8H,2-7H2,1H3,(H,12,19)(H,17,18)(H,13,14,15). The van der Waals surface area contributed by atoms with E-state index in [9.17, 15) is 9.59 Å². The normalized spacial score (nSPS) is 10.2. The Labute approximate surface area is 116 Å². The largest absolute Gasteiger partial charge is 0.480 e. The van der Waals surface area contributed by atoms with Crippen LogP contribution in [0.2, 0.25) is 0 Å². The van der Waals surface area contributed by atoms with Crippen LogP contribution in [0.4, 0.5) is 4.79 Å². The number of urea groups is 1. The number of H-pyrrole nitrogens is 1. The topological polar surface area (TPSA) is 120 Å². The number of nitrogens with one attached hydrogen (secondary N) is 2. The summed E-state index contributed by atoms with van der Waals surface area (Å²) in [5.41, 5.74) is 0. The van der Waals surface area contributed by atoms with Crippen molar-refractivity contribution in [2.75, 3.05) is 33.4 Å². The lowest BCUT2D eigenvalue weighted by Crippen LogP contribution is -2.44. The molecule has 0 fully saturated rings. The zero-order chi connectivity index (χ0) is 14.8. The molecule has 3 N–H and O–H groups in total. The first-order valence-corrected chi connectivity index (χ1v) is 6.21. The van der Waals surface area contributed by atoms with E-state index in [4.69, 9.17) is 9.84 Å². The number of hydrogen-bond donors (Lipinski definition) is 3. The van der Waals surface area contributed by atoms with Gasteiger partial charge in [0, 0.05) is 26.6 Å². The Morgan fingerprint density at radius 3 is 2.95 bits per heavy atom. The SMILES string of the molecule is COCCN(CC(=O)O)C(=O)NCCCc1ncn[nH]1. The molecule has 0 aliphatic carbocycles. The summed E-state index contributed by atoms with van der Waals surface area (Å²) in [4.78, 5) is 27.6. The summed E-state index contributed by atoms with van der Waals surface area (Å²) in [6, 6.07) is -0.415. The van der Waals surface area contributed by atoms with Crippen molar-refractivity contribution in [2.24, 2.45) is 0 Å². The lowest BCUT2D eigenvalue weighted by atomic mass is 10.3. The van der Waals surface area contributed by atoms with Crippen molar-refractivity contribution in [1.82, 2.24) is 25.4 Å². The smallest absolute Gasteiger partial charge is 0.323 e. The summed E-state index contributed by atoms with van der Waals surface area (Å²) in [6.45, 7) is 0.607. The number of ether oxygens (including phenoxy) is 1. The number of carbonyl (C=O) groups is 2. The van der Waals surface area contributed by atoms with E-state index >= 15 is 0 Å². The molecule has 112 valence electrons. The van der Waals surface area contributed by atoms with Crippen LogP contribution in [0.25, 0.3) is 0 Å².